The third-order valence-electron chi connectivity index (χ3n) is 7.09. The minimum absolute atomic E-state index is 0.0381. The molecule has 1 aliphatic rings. The fourth-order valence-electron chi connectivity index (χ4n) is 4.83. The molecule has 4 aromatic rings. The number of benzene rings is 4. The quantitative estimate of drug-likeness (QED) is 0.113. The van der Waals surface area contributed by atoms with Gasteiger partial charge in [0.25, 0.3) is 5.91 Å². The van der Waals surface area contributed by atoms with E-state index in [-0.39, 0.29) is 31.0 Å². The summed E-state index contributed by atoms with van der Waals surface area (Å²) in [6, 6.07) is 25.5. The van der Waals surface area contributed by atoms with E-state index in [4.69, 9.17) is 19.6 Å². The molecule has 11 heteroatoms. The molecule has 5 rings (SSSR count). The Morgan fingerprint density at radius 3 is 2.30 bits per heavy atom. The first kappa shape index (κ1) is 31.8. The van der Waals surface area contributed by atoms with Crippen molar-refractivity contribution >= 4 is 43.7 Å². The number of amides is 1. The number of hydrazine groups is 1. The number of aliphatic imine (C=N–C) groups is 1. The average molecular weight is 729 g/mol. The summed E-state index contributed by atoms with van der Waals surface area (Å²) in [7, 11) is 0. The fraction of sp³-hybridized carbons (Fsp3) is 0.212. The van der Waals surface area contributed by atoms with Gasteiger partial charge in [0.15, 0.2) is 11.6 Å². The molecule has 44 heavy (non-hydrogen) atoms. The smallest absolute Gasteiger partial charge is 0.266 e. The molecule has 1 amide bonds. The topological polar surface area (TPSA) is 92.2 Å². The lowest BCUT2D eigenvalue weighted by Gasteiger charge is -2.31. The molecule has 0 radical (unpaired) electrons. The molecule has 0 aromatic heterocycles. The minimum atomic E-state index is -1.47. The maximum Gasteiger partial charge on any atom is 0.266 e. The number of carbonyl (C=O) groups is 1. The zero-order valence-corrected chi connectivity index (χ0v) is 26.6. The molecular formula is C33H29Br2F2N3O4. The second kappa shape index (κ2) is 14.4. The van der Waals surface area contributed by atoms with Gasteiger partial charge in [-0.25, -0.2) is 19.2 Å². The van der Waals surface area contributed by atoms with Crippen molar-refractivity contribution in [2.24, 2.45) is 4.99 Å². The van der Waals surface area contributed by atoms with Crippen LogP contribution in [-0.2, 0) is 22.5 Å². The molecule has 7 nitrogen and oxygen atoms in total. The highest BCUT2D eigenvalue weighted by Gasteiger charge is 2.53. The van der Waals surface area contributed by atoms with Crippen LogP contribution in [0, 0.1) is 11.6 Å². The highest BCUT2D eigenvalue weighted by molar-refractivity contribution is 9.10. The van der Waals surface area contributed by atoms with Gasteiger partial charge in [-0.3, -0.25) is 10.2 Å². The lowest BCUT2D eigenvalue weighted by Crippen LogP contribution is -2.53. The zero-order chi connectivity index (χ0) is 31.1. The standard InChI is InChI=1S/C33H29Br2F2N3O4/c34-25-9-2-21(3-10-25)19-33(32(42)40-38-20-24-6-13-27(36)18-29(24)37)30(22-4-11-26(35)12-5-22)44-31(39-33)23-7-14-28(15-8-23)43-17-1-16-41/h2-15,18,30,38,41H,1,16-17,19-20H2,(H,40,42)/t30-,33-/m0/s1. The van der Waals surface area contributed by atoms with Gasteiger partial charge in [-0.05, 0) is 65.7 Å². The summed E-state index contributed by atoms with van der Waals surface area (Å²) in [6.07, 6.45) is -0.119. The molecule has 1 heterocycles. The molecule has 0 aliphatic carbocycles. The summed E-state index contributed by atoms with van der Waals surface area (Å²) in [5, 5.41) is 9.03. The van der Waals surface area contributed by atoms with E-state index in [9.17, 15) is 13.6 Å². The summed E-state index contributed by atoms with van der Waals surface area (Å²) in [4.78, 5) is 19.2. The molecule has 0 bridgehead atoms. The summed E-state index contributed by atoms with van der Waals surface area (Å²) < 4.78 is 41.6. The van der Waals surface area contributed by atoms with Crippen LogP contribution in [0.5, 0.6) is 5.75 Å². The molecule has 228 valence electrons. The van der Waals surface area contributed by atoms with Crippen molar-refractivity contribution in [3.05, 3.63) is 134 Å². The summed E-state index contributed by atoms with van der Waals surface area (Å²) in [5.41, 5.74) is 6.44. The number of hydrogen-bond donors (Lipinski definition) is 3. The number of nitrogens with zero attached hydrogens (tertiary/aromatic N) is 1. The first-order valence-corrected chi connectivity index (χ1v) is 15.4. The van der Waals surface area contributed by atoms with Crippen molar-refractivity contribution in [3.63, 3.8) is 0 Å². The number of ether oxygens (including phenoxy) is 2. The molecule has 0 fully saturated rings. The number of nitrogens with one attached hydrogen (secondary N) is 2. The molecule has 0 saturated carbocycles. The Bertz CT molecular complexity index is 1620. The first-order chi connectivity index (χ1) is 21.3. The van der Waals surface area contributed by atoms with Gasteiger partial charge in [0.05, 0.1) is 6.61 Å². The Hall–Kier alpha value is -3.64. The number of halogens is 4. The van der Waals surface area contributed by atoms with Crippen molar-refractivity contribution in [1.82, 2.24) is 10.9 Å². The number of rotatable bonds is 12. The summed E-state index contributed by atoms with van der Waals surface area (Å²) >= 11 is 6.94. The Labute approximate surface area is 270 Å². The van der Waals surface area contributed by atoms with Gasteiger partial charge in [-0.15, -0.1) is 0 Å². The molecule has 1 aliphatic heterocycles. The highest BCUT2D eigenvalue weighted by atomic mass is 79.9. The van der Waals surface area contributed by atoms with Crippen LogP contribution in [0.4, 0.5) is 8.78 Å². The minimum Gasteiger partial charge on any atom is -0.494 e. The number of hydrogen-bond acceptors (Lipinski definition) is 6. The molecular weight excluding hydrogens is 700 g/mol. The molecule has 0 unspecified atom stereocenters. The van der Waals surface area contributed by atoms with Crippen molar-refractivity contribution in [3.8, 4) is 5.75 Å². The lowest BCUT2D eigenvalue weighted by atomic mass is 9.82. The predicted molar refractivity (Wildman–Crippen MR) is 170 cm³/mol. The van der Waals surface area contributed by atoms with Gasteiger partial charge >= 0.3 is 0 Å². The maximum absolute atomic E-state index is 14.3. The largest absolute Gasteiger partial charge is 0.494 e. The van der Waals surface area contributed by atoms with E-state index in [0.717, 1.165) is 32.2 Å². The van der Waals surface area contributed by atoms with Crippen molar-refractivity contribution in [1.29, 1.82) is 0 Å². The number of carbonyl (C=O) groups excluding carboxylic acids is 1. The van der Waals surface area contributed by atoms with Gasteiger partial charge < -0.3 is 14.6 Å². The van der Waals surface area contributed by atoms with Gasteiger partial charge in [-0.1, -0.05) is 62.2 Å². The van der Waals surface area contributed by atoms with Gasteiger partial charge in [-0.2, -0.15) is 0 Å². The molecule has 0 saturated heterocycles. The summed E-state index contributed by atoms with van der Waals surface area (Å²) in [5.74, 6) is -0.999. The second-order valence-electron chi connectivity index (χ2n) is 10.2. The van der Waals surface area contributed by atoms with Crippen LogP contribution in [0.2, 0.25) is 0 Å². The van der Waals surface area contributed by atoms with Crippen LogP contribution in [0.25, 0.3) is 0 Å². The van der Waals surface area contributed by atoms with E-state index in [1.807, 2.05) is 48.5 Å². The van der Waals surface area contributed by atoms with Crippen molar-refractivity contribution in [2.75, 3.05) is 13.2 Å². The normalized spacial score (nSPS) is 17.6. The van der Waals surface area contributed by atoms with Gasteiger partial charge in [0.2, 0.25) is 5.90 Å². The van der Waals surface area contributed by atoms with E-state index in [0.29, 0.717) is 24.3 Å². The van der Waals surface area contributed by atoms with Crippen LogP contribution < -0.4 is 15.6 Å². The zero-order valence-electron chi connectivity index (χ0n) is 23.4. The molecule has 2 atom stereocenters. The average Bonchev–Trinajstić information content (AvgIpc) is 3.40. The van der Waals surface area contributed by atoms with E-state index >= 15 is 0 Å². The van der Waals surface area contributed by atoms with Crippen molar-refractivity contribution < 1.29 is 28.2 Å². The fourth-order valence-corrected chi connectivity index (χ4v) is 5.35. The van der Waals surface area contributed by atoms with Crippen LogP contribution in [0.15, 0.2) is 105 Å². The van der Waals surface area contributed by atoms with E-state index in [1.165, 1.54) is 6.07 Å². The number of aliphatic hydroxyl groups excluding tert-OH is 1. The van der Waals surface area contributed by atoms with E-state index in [1.54, 1.807) is 24.3 Å². The van der Waals surface area contributed by atoms with Crippen LogP contribution in [-0.4, -0.2) is 35.7 Å². The van der Waals surface area contributed by atoms with Crippen LogP contribution >= 0.6 is 31.9 Å². The van der Waals surface area contributed by atoms with Crippen LogP contribution in [0.1, 0.15) is 34.8 Å². The Kier molecular flexibility index (Phi) is 10.4. The predicted octanol–water partition coefficient (Wildman–Crippen LogP) is 6.57. The van der Waals surface area contributed by atoms with E-state index in [2.05, 4.69) is 42.7 Å². The van der Waals surface area contributed by atoms with Gasteiger partial charge in [0.1, 0.15) is 17.4 Å². The molecule has 4 aromatic carbocycles. The molecule has 3 N–H and O–H groups in total. The van der Waals surface area contributed by atoms with E-state index < -0.39 is 29.2 Å². The third-order valence-corrected chi connectivity index (χ3v) is 8.14. The van der Waals surface area contributed by atoms with Crippen LogP contribution in [0.3, 0.4) is 0 Å². The van der Waals surface area contributed by atoms with Crippen molar-refractivity contribution in [2.45, 2.75) is 31.0 Å². The first-order valence-electron chi connectivity index (χ1n) is 13.8. The monoisotopic (exact) mass is 727 g/mol. The third kappa shape index (κ3) is 7.52. The number of aliphatic hydroxyl groups is 1. The second-order valence-corrected chi connectivity index (χ2v) is 12.0. The summed E-state index contributed by atoms with van der Waals surface area (Å²) in [6.45, 7) is 0.338. The SMILES string of the molecule is O=C(NNCc1ccc(F)cc1F)[C@@]1(Cc2ccc(Br)cc2)N=C(c2ccc(OCCCO)cc2)O[C@H]1c1ccc(Br)cc1. The Balaban J connectivity index is 1.51. The van der Waals surface area contributed by atoms with Gasteiger partial charge in [0, 0.05) is 52.1 Å². The lowest BCUT2D eigenvalue weighted by molar-refractivity contribution is -0.130. The Morgan fingerprint density at radius 2 is 1.64 bits per heavy atom. The Morgan fingerprint density at radius 1 is 0.955 bits per heavy atom. The maximum atomic E-state index is 14.3. The molecule has 0 spiro atoms. The highest BCUT2D eigenvalue weighted by Crippen LogP contribution is 2.43.